The van der Waals surface area contributed by atoms with Crippen molar-refractivity contribution in [2.45, 2.75) is 26.1 Å². The van der Waals surface area contributed by atoms with E-state index in [-0.39, 0.29) is 5.56 Å². The van der Waals surface area contributed by atoms with E-state index in [0.29, 0.717) is 8.95 Å². The molecule has 1 aromatic rings. The molecular formula is C12H11Br2FO3. The molecular weight excluding hydrogens is 371 g/mol. The number of ether oxygens (including phenoxy) is 1. The number of alkyl halides is 1. The van der Waals surface area contributed by atoms with Crippen LogP contribution in [0.25, 0.3) is 0 Å². The minimum Gasteiger partial charge on any atom is -0.460 e. The van der Waals surface area contributed by atoms with Crippen LogP contribution in [0.5, 0.6) is 0 Å². The second-order valence-corrected chi connectivity index (χ2v) is 5.46. The first-order valence-corrected chi connectivity index (χ1v) is 6.76. The van der Waals surface area contributed by atoms with E-state index >= 15 is 0 Å². The number of benzene rings is 1. The average molecular weight is 382 g/mol. The predicted molar refractivity (Wildman–Crippen MR) is 72.3 cm³/mol. The summed E-state index contributed by atoms with van der Waals surface area (Å²) in [6, 6.07) is 4.72. The molecule has 0 bridgehead atoms. The fourth-order valence-corrected chi connectivity index (χ4v) is 2.06. The first kappa shape index (κ1) is 15.3. The third-order valence-electron chi connectivity index (χ3n) is 2.01. The molecule has 98 valence electrons. The van der Waals surface area contributed by atoms with Crippen LogP contribution in [-0.4, -0.2) is 24.0 Å². The van der Waals surface area contributed by atoms with E-state index in [0.717, 1.165) is 0 Å². The summed E-state index contributed by atoms with van der Waals surface area (Å²) in [5.74, 6) is -2.09. The molecule has 0 saturated carbocycles. The number of hydrogen-bond donors (Lipinski definition) is 0. The third kappa shape index (κ3) is 3.62. The number of carbonyl (C=O) groups is 2. The Morgan fingerprint density at radius 1 is 1.28 bits per heavy atom. The van der Waals surface area contributed by atoms with Crippen LogP contribution >= 0.6 is 31.9 Å². The van der Waals surface area contributed by atoms with Crippen molar-refractivity contribution < 1.29 is 18.7 Å². The molecule has 1 atom stereocenters. The lowest BCUT2D eigenvalue weighted by molar-refractivity contribution is -0.151. The Bertz CT molecular complexity index is 474. The highest BCUT2D eigenvalue weighted by molar-refractivity contribution is 9.13. The Kier molecular flexibility index (Phi) is 5.47. The van der Waals surface area contributed by atoms with Gasteiger partial charge in [-0.1, -0.05) is 12.1 Å². The van der Waals surface area contributed by atoms with Gasteiger partial charge in [0.2, 0.25) is 5.78 Å². The Morgan fingerprint density at radius 2 is 1.89 bits per heavy atom. The molecule has 1 rings (SSSR count). The van der Waals surface area contributed by atoms with Gasteiger partial charge in [-0.3, -0.25) is 4.79 Å². The van der Waals surface area contributed by atoms with E-state index < -0.39 is 24.0 Å². The number of rotatable bonds is 4. The van der Waals surface area contributed by atoms with Crippen LogP contribution in [-0.2, 0) is 9.53 Å². The highest BCUT2D eigenvalue weighted by atomic mass is 79.9. The van der Waals surface area contributed by atoms with Gasteiger partial charge >= 0.3 is 5.97 Å². The monoisotopic (exact) mass is 380 g/mol. The van der Waals surface area contributed by atoms with Crippen molar-refractivity contribution in [2.75, 3.05) is 0 Å². The number of hydrogen-bond acceptors (Lipinski definition) is 3. The molecule has 0 aliphatic rings. The van der Waals surface area contributed by atoms with Gasteiger partial charge in [0.1, 0.15) is 0 Å². The van der Waals surface area contributed by atoms with E-state index in [1.54, 1.807) is 26.0 Å². The molecule has 1 unspecified atom stereocenters. The van der Waals surface area contributed by atoms with Crippen LogP contribution < -0.4 is 0 Å². The van der Waals surface area contributed by atoms with Crippen LogP contribution in [0.1, 0.15) is 24.2 Å². The topological polar surface area (TPSA) is 43.4 Å². The van der Waals surface area contributed by atoms with Gasteiger partial charge in [0.05, 0.1) is 6.10 Å². The minimum absolute atomic E-state index is 0.0950. The first-order chi connectivity index (χ1) is 8.34. The molecule has 0 aliphatic heterocycles. The van der Waals surface area contributed by atoms with E-state index in [4.69, 9.17) is 0 Å². The lowest BCUT2D eigenvalue weighted by Crippen LogP contribution is -2.30. The van der Waals surface area contributed by atoms with Crippen LogP contribution in [0.3, 0.4) is 0 Å². The van der Waals surface area contributed by atoms with Gasteiger partial charge in [-0.25, -0.2) is 9.18 Å². The summed E-state index contributed by atoms with van der Waals surface area (Å²) >= 11 is 6.37. The number of halogens is 3. The van der Waals surface area contributed by atoms with Crippen molar-refractivity contribution in [3.8, 4) is 0 Å². The van der Waals surface area contributed by atoms with E-state index in [1.165, 1.54) is 6.07 Å². The van der Waals surface area contributed by atoms with Gasteiger partial charge in [0.25, 0.3) is 6.17 Å². The molecule has 0 aliphatic carbocycles. The van der Waals surface area contributed by atoms with Crippen molar-refractivity contribution in [3.63, 3.8) is 0 Å². The zero-order chi connectivity index (χ0) is 13.9. The summed E-state index contributed by atoms with van der Waals surface area (Å²) in [5.41, 5.74) is 0.0950. The van der Waals surface area contributed by atoms with Gasteiger partial charge in [0, 0.05) is 14.5 Å². The normalized spacial score (nSPS) is 12.3. The van der Waals surface area contributed by atoms with Crippen LogP contribution in [0.15, 0.2) is 27.1 Å². The molecule has 3 nitrogen and oxygen atoms in total. The standard InChI is InChI=1S/C12H11Br2FO3/c1-6(2)18-12(17)10(15)11(16)7-4-3-5-8(13)9(7)14/h3-6,10H,1-2H3. The number of Topliss-reactive ketones (excluding diaryl/α,β-unsaturated/α-hetero) is 1. The summed E-state index contributed by atoms with van der Waals surface area (Å²) in [5, 5.41) is 0. The van der Waals surface area contributed by atoms with Crippen LogP contribution in [0.2, 0.25) is 0 Å². The summed E-state index contributed by atoms with van der Waals surface area (Å²) < 4.78 is 19.4. The van der Waals surface area contributed by atoms with Gasteiger partial charge < -0.3 is 4.74 Å². The van der Waals surface area contributed by atoms with Gasteiger partial charge in [0.15, 0.2) is 0 Å². The molecule has 0 N–H and O–H groups in total. The maximum atomic E-state index is 13.7. The van der Waals surface area contributed by atoms with Crippen molar-refractivity contribution in [1.82, 2.24) is 0 Å². The largest absolute Gasteiger partial charge is 0.460 e. The number of ketones is 1. The lowest BCUT2D eigenvalue weighted by Gasteiger charge is -2.11. The summed E-state index contributed by atoms with van der Waals surface area (Å²) in [6.45, 7) is 3.17. The molecule has 0 saturated heterocycles. The molecule has 0 aromatic heterocycles. The quantitative estimate of drug-likeness (QED) is 0.454. The number of esters is 1. The third-order valence-corrected chi connectivity index (χ3v) is 4.05. The van der Waals surface area contributed by atoms with Crippen LogP contribution in [0, 0.1) is 0 Å². The maximum Gasteiger partial charge on any atom is 0.349 e. The summed E-state index contributed by atoms with van der Waals surface area (Å²) in [7, 11) is 0. The SMILES string of the molecule is CC(C)OC(=O)C(F)C(=O)c1cccc(Br)c1Br. The molecule has 0 spiro atoms. The minimum atomic E-state index is -2.31. The molecule has 18 heavy (non-hydrogen) atoms. The molecule has 0 amide bonds. The zero-order valence-corrected chi connectivity index (χ0v) is 12.9. The van der Waals surface area contributed by atoms with Crippen molar-refractivity contribution in [1.29, 1.82) is 0 Å². The summed E-state index contributed by atoms with van der Waals surface area (Å²) in [4.78, 5) is 23.1. The van der Waals surface area contributed by atoms with Crippen molar-refractivity contribution in [2.24, 2.45) is 0 Å². The van der Waals surface area contributed by atoms with E-state index in [9.17, 15) is 14.0 Å². The van der Waals surface area contributed by atoms with E-state index in [2.05, 4.69) is 36.6 Å². The molecule has 0 heterocycles. The highest BCUT2D eigenvalue weighted by Gasteiger charge is 2.30. The lowest BCUT2D eigenvalue weighted by atomic mass is 10.1. The van der Waals surface area contributed by atoms with Crippen molar-refractivity contribution >= 4 is 43.6 Å². The Labute approximate surface area is 121 Å². The van der Waals surface area contributed by atoms with Gasteiger partial charge in [-0.15, -0.1) is 0 Å². The fraction of sp³-hybridized carbons (Fsp3) is 0.333. The molecule has 0 fully saturated rings. The first-order valence-electron chi connectivity index (χ1n) is 5.17. The second-order valence-electron chi connectivity index (χ2n) is 3.81. The zero-order valence-electron chi connectivity index (χ0n) is 9.75. The average Bonchev–Trinajstić information content (AvgIpc) is 2.30. The number of carbonyl (C=O) groups excluding carboxylic acids is 2. The smallest absolute Gasteiger partial charge is 0.349 e. The highest BCUT2D eigenvalue weighted by Crippen LogP contribution is 2.28. The second kappa shape index (κ2) is 6.43. The van der Waals surface area contributed by atoms with Gasteiger partial charge in [-0.05, 0) is 51.8 Å². The Morgan fingerprint density at radius 3 is 2.44 bits per heavy atom. The van der Waals surface area contributed by atoms with Crippen LogP contribution in [0.4, 0.5) is 4.39 Å². The Hall–Kier alpha value is -0.750. The van der Waals surface area contributed by atoms with Gasteiger partial charge in [-0.2, -0.15) is 0 Å². The molecule has 6 heteroatoms. The summed E-state index contributed by atoms with van der Waals surface area (Å²) in [6.07, 6.45) is -2.77. The maximum absolute atomic E-state index is 13.7. The molecule has 0 radical (unpaired) electrons. The predicted octanol–water partition coefficient (Wildman–Crippen LogP) is 3.68. The fourth-order valence-electron chi connectivity index (χ4n) is 1.23. The Balaban J connectivity index is 2.93. The molecule has 1 aromatic carbocycles. The van der Waals surface area contributed by atoms with E-state index in [1.807, 2.05) is 0 Å². The van der Waals surface area contributed by atoms with Crippen molar-refractivity contribution in [3.05, 3.63) is 32.7 Å².